The first-order valence-corrected chi connectivity index (χ1v) is 8.18. The van der Waals surface area contributed by atoms with E-state index in [4.69, 9.17) is 16.3 Å². The quantitative estimate of drug-likeness (QED) is 0.755. The Morgan fingerprint density at radius 3 is 2.73 bits per heavy atom. The van der Waals surface area contributed by atoms with E-state index in [9.17, 15) is 4.79 Å². The Kier molecular flexibility index (Phi) is 5.52. The fourth-order valence-corrected chi connectivity index (χ4v) is 2.74. The Bertz CT molecular complexity index is 666. The van der Waals surface area contributed by atoms with E-state index >= 15 is 0 Å². The molecule has 120 valence electrons. The molecule has 0 aromatic carbocycles. The number of rotatable bonds is 6. The third-order valence-corrected chi connectivity index (χ3v) is 4.25. The first-order chi connectivity index (χ1) is 10.4. The number of carbonyl (C=O) groups excluding carboxylic acids is 1. The van der Waals surface area contributed by atoms with Gasteiger partial charge in [0.15, 0.2) is 0 Å². The molecule has 0 bridgehead atoms. The second-order valence-corrected chi connectivity index (χ2v) is 6.91. The van der Waals surface area contributed by atoms with Crippen LogP contribution in [0.5, 0.6) is 0 Å². The van der Waals surface area contributed by atoms with E-state index in [1.54, 1.807) is 0 Å². The third-order valence-electron chi connectivity index (χ3n) is 3.27. The molecule has 2 rings (SSSR count). The van der Waals surface area contributed by atoms with Crippen LogP contribution in [0.4, 0.5) is 0 Å². The van der Waals surface area contributed by atoms with Gasteiger partial charge in [0.25, 0.3) is 0 Å². The van der Waals surface area contributed by atoms with Crippen molar-refractivity contribution in [3.63, 3.8) is 0 Å². The van der Waals surface area contributed by atoms with Gasteiger partial charge in [-0.2, -0.15) is 5.10 Å². The number of esters is 1. The van der Waals surface area contributed by atoms with Gasteiger partial charge in [-0.25, -0.2) is 0 Å². The molecule has 0 amide bonds. The summed E-state index contributed by atoms with van der Waals surface area (Å²) in [6.45, 7) is 9.04. The van der Waals surface area contributed by atoms with Crippen LogP contribution in [0.3, 0.4) is 0 Å². The summed E-state index contributed by atoms with van der Waals surface area (Å²) < 4.78 is 11.3. The molecule has 0 aliphatic heterocycles. The van der Waals surface area contributed by atoms with Gasteiger partial charge in [0.2, 0.25) is 0 Å². The molecule has 0 aliphatic carbocycles. The fourth-order valence-electron chi connectivity index (χ4n) is 2.14. The van der Waals surface area contributed by atoms with Gasteiger partial charge < -0.3 is 4.74 Å². The lowest BCUT2D eigenvalue weighted by Gasteiger charge is -2.08. The molecule has 0 atom stereocenters. The number of hydrogen-bond acceptors (Lipinski definition) is 6. The number of nitrogens with zero attached hydrogens (tertiary/aromatic N) is 4. The number of halogens is 1. The molecule has 0 saturated heterocycles. The van der Waals surface area contributed by atoms with Crippen molar-refractivity contribution in [3.05, 3.63) is 27.0 Å². The minimum absolute atomic E-state index is 0.0480. The van der Waals surface area contributed by atoms with Crippen LogP contribution >= 0.6 is 23.1 Å². The lowest BCUT2D eigenvalue weighted by molar-refractivity contribution is -0.144. The molecule has 2 heterocycles. The summed E-state index contributed by atoms with van der Waals surface area (Å²) in [5.74, 6) is 0.177. The molecule has 2 aromatic heterocycles. The van der Waals surface area contributed by atoms with Crippen LogP contribution in [0.25, 0.3) is 0 Å². The molecular formula is C14H19ClN4O2S. The summed E-state index contributed by atoms with van der Waals surface area (Å²) in [5, 5.41) is 8.30. The standard InChI is InChI=1S/C14H19ClN4O2S/c1-8(2)6-19-10(4)11(9(3)17-19)5-13(20)21-7-12-14(15)22-18-16-12/h8H,5-7H2,1-4H3. The summed E-state index contributed by atoms with van der Waals surface area (Å²) in [6.07, 6.45) is 0.199. The van der Waals surface area contributed by atoms with Gasteiger partial charge in [-0.1, -0.05) is 29.9 Å². The maximum Gasteiger partial charge on any atom is 0.310 e. The summed E-state index contributed by atoms with van der Waals surface area (Å²) in [5.41, 5.74) is 3.29. The molecule has 0 radical (unpaired) electrons. The summed E-state index contributed by atoms with van der Waals surface area (Å²) in [7, 11) is 0. The second-order valence-electron chi connectivity index (χ2n) is 5.56. The molecule has 6 nitrogen and oxygen atoms in total. The van der Waals surface area contributed by atoms with Crippen LogP contribution in [0, 0.1) is 19.8 Å². The zero-order valence-corrected chi connectivity index (χ0v) is 14.7. The lowest BCUT2D eigenvalue weighted by atomic mass is 10.1. The number of hydrogen-bond donors (Lipinski definition) is 0. The lowest BCUT2D eigenvalue weighted by Crippen LogP contribution is -2.11. The minimum atomic E-state index is -0.320. The van der Waals surface area contributed by atoms with Crippen LogP contribution < -0.4 is 0 Å². The van der Waals surface area contributed by atoms with E-state index in [-0.39, 0.29) is 19.0 Å². The molecule has 0 spiro atoms. The number of aryl methyl sites for hydroxylation is 1. The van der Waals surface area contributed by atoms with Gasteiger partial charge in [0.05, 0.1) is 12.1 Å². The third kappa shape index (κ3) is 4.04. The normalized spacial score (nSPS) is 11.2. The second kappa shape index (κ2) is 7.19. The monoisotopic (exact) mass is 342 g/mol. The molecule has 22 heavy (non-hydrogen) atoms. The Hall–Kier alpha value is -1.47. The summed E-state index contributed by atoms with van der Waals surface area (Å²) in [6, 6.07) is 0. The van der Waals surface area contributed by atoms with Gasteiger partial charge >= 0.3 is 5.97 Å². The summed E-state index contributed by atoms with van der Waals surface area (Å²) >= 11 is 6.95. The van der Waals surface area contributed by atoms with Crippen molar-refractivity contribution in [1.82, 2.24) is 19.4 Å². The highest BCUT2D eigenvalue weighted by Gasteiger charge is 2.17. The zero-order valence-electron chi connectivity index (χ0n) is 13.1. The molecular weight excluding hydrogens is 324 g/mol. The highest BCUT2D eigenvalue weighted by atomic mass is 35.5. The van der Waals surface area contributed by atoms with Crippen LogP contribution in [0.1, 0.15) is 36.5 Å². The van der Waals surface area contributed by atoms with Gasteiger partial charge in [0.1, 0.15) is 16.6 Å². The molecule has 0 saturated carbocycles. The SMILES string of the molecule is Cc1nn(CC(C)C)c(C)c1CC(=O)OCc1nnsc1Cl. The number of carbonyl (C=O) groups is 1. The number of ether oxygens (including phenoxy) is 1. The van der Waals surface area contributed by atoms with Crippen molar-refractivity contribution in [2.75, 3.05) is 0 Å². The van der Waals surface area contributed by atoms with E-state index in [1.807, 2.05) is 18.5 Å². The minimum Gasteiger partial charge on any atom is -0.459 e. The first kappa shape index (κ1) is 16.9. The van der Waals surface area contributed by atoms with Crippen LogP contribution in [0.2, 0.25) is 4.34 Å². The van der Waals surface area contributed by atoms with Gasteiger partial charge in [0, 0.05) is 29.3 Å². The highest BCUT2D eigenvalue weighted by molar-refractivity contribution is 7.10. The van der Waals surface area contributed by atoms with Gasteiger partial charge in [-0.15, -0.1) is 5.10 Å². The van der Waals surface area contributed by atoms with Crippen molar-refractivity contribution >= 4 is 29.1 Å². The van der Waals surface area contributed by atoms with Crippen molar-refractivity contribution in [1.29, 1.82) is 0 Å². The van der Waals surface area contributed by atoms with E-state index in [0.29, 0.717) is 15.9 Å². The van der Waals surface area contributed by atoms with Crippen molar-refractivity contribution in [3.8, 4) is 0 Å². The van der Waals surface area contributed by atoms with Crippen molar-refractivity contribution in [2.45, 2.75) is 47.3 Å². The predicted octanol–water partition coefficient (Wildman–Crippen LogP) is 2.95. The Morgan fingerprint density at radius 1 is 1.41 bits per heavy atom. The van der Waals surface area contributed by atoms with E-state index in [2.05, 4.69) is 28.5 Å². The van der Waals surface area contributed by atoms with Crippen LogP contribution in [0.15, 0.2) is 0 Å². The van der Waals surface area contributed by atoms with E-state index < -0.39 is 0 Å². The van der Waals surface area contributed by atoms with Crippen molar-refractivity contribution < 1.29 is 9.53 Å². The molecule has 0 unspecified atom stereocenters. The highest BCUT2D eigenvalue weighted by Crippen LogP contribution is 2.19. The molecule has 0 N–H and O–H groups in total. The zero-order chi connectivity index (χ0) is 16.3. The molecule has 0 fully saturated rings. The van der Waals surface area contributed by atoms with Crippen LogP contribution in [-0.2, 0) is 29.1 Å². The largest absolute Gasteiger partial charge is 0.459 e. The van der Waals surface area contributed by atoms with E-state index in [1.165, 1.54) is 0 Å². The maximum atomic E-state index is 12.0. The van der Waals surface area contributed by atoms with Gasteiger partial charge in [-0.05, 0) is 19.8 Å². The van der Waals surface area contributed by atoms with Crippen LogP contribution in [-0.4, -0.2) is 25.3 Å². The maximum absolute atomic E-state index is 12.0. The molecule has 0 aliphatic rings. The average molecular weight is 343 g/mol. The average Bonchev–Trinajstić information content (AvgIpc) is 2.95. The fraction of sp³-hybridized carbons (Fsp3) is 0.571. The van der Waals surface area contributed by atoms with E-state index in [0.717, 1.165) is 35.0 Å². The molecule has 2 aromatic rings. The number of aromatic nitrogens is 4. The smallest absolute Gasteiger partial charge is 0.310 e. The first-order valence-electron chi connectivity index (χ1n) is 7.03. The van der Waals surface area contributed by atoms with Crippen molar-refractivity contribution in [2.24, 2.45) is 5.92 Å². The summed E-state index contributed by atoms with van der Waals surface area (Å²) in [4.78, 5) is 12.0. The molecule has 8 heteroatoms. The topological polar surface area (TPSA) is 69.9 Å². The predicted molar refractivity (Wildman–Crippen MR) is 85.0 cm³/mol. The Labute approximate surface area is 138 Å². The Balaban J connectivity index is 1.99. The van der Waals surface area contributed by atoms with Gasteiger partial charge in [-0.3, -0.25) is 9.48 Å². The Morgan fingerprint density at radius 2 is 2.14 bits per heavy atom.